The number of fused-ring (bicyclic) bond motifs is 3. The van der Waals surface area contributed by atoms with E-state index in [0.717, 1.165) is 12.8 Å². The van der Waals surface area contributed by atoms with Gasteiger partial charge >= 0.3 is 5.97 Å². The van der Waals surface area contributed by atoms with Crippen LogP contribution < -0.4 is 0 Å². The van der Waals surface area contributed by atoms with E-state index in [4.69, 9.17) is 4.74 Å². The molecule has 5 unspecified atom stereocenters. The van der Waals surface area contributed by atoms with E-state index in [1.54, 1.807) is 6.92 Å². The first-order valence-electron chi connectivity index (χ1n) is 8.19. The number of esters is 1. The number of rotatable bonds is 2. The van der Waals surface area contributed by atoms with Gasteiger partial charge in [-0.1, -0.05) is 32.9 Å². The summed E-state index contributed by atoms with van der Waals surface area (Å²) >= 11 is 0. The van der Waals surface area contributed by atoms with Crippen molar-refractivity contribution < 1.29 is 14.3 Å². The van der Waals surface area contributed by atoms with E-state index < -0.39 is 0 Å². The average Bonchev–Trinajstić information content (AvgIpc) is 2.52. The quantitative estimate of drug-likeness (QED) is 0.577. The molecular weight excluding hydrogens is 276 g/mol. The summed E-state index contributed by atoms with van der Waals surface area (Å²) in [7, 11) is 0. The Morgan fingerprint density at radius 3 is 2.50 bits per heavy atom. The molecule has 120 valence electrons. The molecule has 0 saturated heterocycles. The number of hydrogen-bond donors (Lipinski definition) is 0. The van der Waals surface area contributed by atoms with Crippen LogP contribution in [-0.2, 0) is 14.3 Å². The highest BCUT2D eigenvalue weighted by Gasteiger charge is 2.70. The van der Waals surface area contributed by atoms with E-state index >= 15 is 0 Å². The van der Waals surface area contributed by atoms with Gasteiger partial charge in [-0.25, -0.2) is 4.79 Å². The molecule has 4 bridgehead atoms. The molecule has 0 heterocycles. The molecule has 0 amide bonds. The Morgan fingerprint density at radius 2 is 1.95 bits per heavy atom. The van der Waals surface area contributed by atoms with E-state index in [1.165, 1.54) is 5.57 Å². The average molecular weight is 302 g/mol. The lowest BCUT2D eigenvalue weighted by Crippen LogP contribution is -2.64. The predicted octanol–water partition coefficient (Wildman–Crippen LogP) is 3.69. The summed E-state index contributed by atoms with van der Waals surface area (Å²) in [5.74, 6) is 0.766. The molecular formula is C19H26O3. The lowest BCUT2D eigenvalue weighted by atomic mass is 9.38. The van der Waals surface area contributed by atoms with E-state index in [0.29, 0.717) is 11.5 Å². The number of allylic oxidation sites excluding steroid dienone is 2. The van der Waals surface area contributed by atoms with Crippen LogP contribution in [0.5, 0.6) is 0 Å². The van der Waals surface area contributed by atoms with Crippen molar-refractivity contribution in [1.29, 1.82) is 0 Å². The molecule has 4 rings (SSSR count). The molecule has 0 spiro atoms. The minimum absolute atomic E-state index is 0.0439. The second-order valence-corrected chi connectivity index (χ2v) is 8.31. The first-order valence-corrected chi connectivity index (χ1v) is 8.19. The van der Waals surface area contributed by atoms with Crippen LogP contribution in [0.1, 0.15) is 47.5 Å². The van der Waals surface area contributed by atoms with Crippen molar-refractivity contribution >= 4 is 11.8 Å². The Balaban J connectivity index is 1.97. The van der Waals surface area contributed by atoms with Crippen molar-refractivity contribution in [3.05, 3.63) is 23.8 Å². The molecule has 0 radical (unpaired) electrons. The standard InChI is InChI=1S/C19H26O3/c1-10(2)17(21)22-13-7-8-19(6)14-11(3)9-12(20)15(19)16(14)18(13,4)5/h9,13-16H,1,7-8H2,2-6H3. The van der Waals surface area contributed by atoms with Crippen LogP contribution >= 0.6 is 0 Å². The lowest BCUT2D eigenvalue weighted by molar-refractivity contribution is -0.177. The van der Waals surface area contributed by atoms with Crippen molar-refractivity contribution in [2.75, 3.05) is 0 Å². The zero-order chi connectivity index (χ0) is 16.4. The van der Waals surface area contributed by atoms with Crippen LogP contribution in [0.25, 0.3) is 0 Å². The molecule has 0 N–H and O–H groups in total. The van der Waals surface area contributed by atoms with Gasteiger partial charge < -0.3 is 4.74 Å². The van der Waals surface area contributed by atoms with Gasteiger partial charge in [0.1, 0.15) is 6.10 Å². The molecule has 0 aromatic heterocycles. The highest BCUT2D eigenvalue weighted by atomic mass is 16.5. The SMILES string of the molecule is C=C(C)C(=O)OC1CCC2(C)C3C(=O)C=C(C)C2C3C1(C)C. The van der Waals surface area contributed by atoms with Gasteiger partial charge in [-0.3, -0.25) is 4.79 Å². The van der Waals surface area contributed by atoms with Crippen LogP contribution in [0, 0.1) is 28.6 Å². The number of carbonyl (C=O) groups excluding carboxylic acids is 2. The number of hydrogen-bond acceptors (Lipinski definition) is 3. The highest BCUT2D eigenvalue weighted by molar-refractivity contribution is 5.96. The largest absolute Gasteiger partial charge is 0.458 e. The topological polar surface area (TPSA) is 43.4 Å². The van der Waals surface area contributed by atoms with Gasteiger partial charge in [-0.2, -0.15) is 0 Å². The van der Waals surface area contributed by atoms with E-state index in [-0.39, 0.29) is 40.5 Å². The van der Waals surface area contributed by atoms with E-state index in [1.807, 2.05) is 6.08 Å². The minimum Gasteiger partial charge on any atom is -0.458 e. The smallest absolute Gasteiger partial charge is 0.333 e. The van der Waals surface area contributed by atoms with Crippen molar-refractivity contribution in [2.45, 2.75) is 53.6 Å². The second kappa shape index (κ2) is 4.56. The van der Waals surface area contributed by atoms with Gasteiger partial charge in [0.2, 0.25) is 0 Å². The number of carbonyl (C=O) groups is 2. The molecule has 3 fully saturated rings. The van der Waals surface area contributed by atoms with Crippen molar-refractivity contribution in [2.24, 2.45) is 28.6 Å². The Kier molecular flexibility index (Phi) is 3.22. The summed E-state index contributed by atoms with van der Waals surface area (Å²) in [5, 5.41) is 0. The monoisotopic (exact) mass is 302 g/mol. The number of ether oxygens (including phenoxy) is 1. The molecule has 0 aliphatic heterocycles. The molecule has 22 heavy (non-hydrogen) atoms. The molecule has 3 nitrogen and oxygen atoms in total. The summed E-state index contributed by atoms with van der Waals surface area (Å²) in [6.07, 6.45) is 3.46. The summed E-state index contributed by atoms with van der Waals surface area (Å²) < 4.78 is 5.76. The Hall–Kier alpha value is -1.38. The molecule has 3 heteroatoms. The zero-order valence-corrected chi connectivity index (χ0v) is 14.2. The maximum Gasteiger partial charge on any atom is 0.333 e. The summed E-state index contributed by atoms with van der Waals surface area (Å²) in [6, 6.07) is 0. The predicted molar refractivity (Wildman–Crippen MR) is 85.1 cm³/mol. The zero-order valence-electron chi connectivity index (χ0n) is 14.2. The summed E-state index contributed by atoms with van der Waals surface area (Å²) in [4.78, 5) is 24.5. The lowest BCUT2D eigenvalue weighted by Gasteiger charge is -2.65. The molecule has 4 aliphatic carbocycles. The maximum atomic E-state index is 12.5. The van der Waals surface area contributed by atoms with Gasteiger partial charge in [0.25, 0.3) is 0 Å². The first-order chi connectivity index (χ1) is 10.1. The Bertz CT molecular complexity index is 598. The van der Waals surface area contributed by atoms with Crippen LogP contribution in [0.2, 0.25) is 0 Å². The van der Waals surface area contributed by atoms with Crippen molar-refractivity contribution in [3.8, 4) is 0 Å². The summed E-state index contributed by atoms with van der Waals surface area (Å²) in [6.45, 7) is 14.0. The molecule has 5 atom stereocenters. The highest BCUT2D eigenvalue weighted by Crippen LogP contribution is 2.71. The van der Waals surface area contributed by atoms with Crippen molar-refractivity contribution in [1.82, 2.24) is 0 Å². The first kappa shape index (κ1) is 15.5. The number of ketones is 1. The second-order valence-electron chi connectivity index (χ2n) is 8.31. The van der Waals surface area contributed by atoms with Gasteiger partial charge in [0.15, 0.2) is 5.78 Å². The normalized spacial score (nSPS) is 41.9. The van der Waals surface area contributed by atoms with Gasteiger partial charge in [0, 0.05) is 16.9 Å². The third kappa shape index (κ3) is 1.80. The fraction of sp³-hybridized carbons (Fsp3) is 0.684. The third-order valence-corrected chi connectivity index (χ3v) is 6.54. The van der Waals surface area contributed by atoms with Crippen LogP contribution in [0.3, 0.4) is 0 Å². The molecule has 4 aliphatic rings. The molecule has 3 saturated carbocycles. The Labute approximate surface area is 132 Å². The maximum absolute atomic E-state index is 12.5. The Morgan fingerprint density at radius 1 is 1.32 bits per heavy atom. The van der Waals surface area contributed by atoms with E-state index in [2.05, 4.69) is 34.3 Å². The minimum atomic E-state index is -0.314. The van der Waals surface area contributed by atoms with Gasteiger partial charge in [-0.15, -0.1) is 0 Å². The van der Waals surface area contributed by atoms with Crippen LogP contribution in [0.4, 0.5) is 0 Å². The van der Waals surface area contributed by atoms with E-state index in [9.17, 15) is 9.59 Å². The van der Waals surface area contributed by atoms with Crippen LogP contribution in [-0.4, -0.2) is 17.9 Å². The molecule has 0 aromatic rings. The van der Waals surface area contributed by atoms with Crippen LogP contribution in [0.15, 0.2) is 23.8 Å². The summed E-state index contributed by atoms with van der Waals surface area (Å²) in [5.41, 5.74) is 1.50. The van der Waals surface area contributed by atoms with Gasteiger partial charge in [-0.05, 0) is 50.0 Å². The van der Waals surface area contributed by atoms with Crippen molar-refractivity contribution in [3.63, 3.8) is 0 Å². The van der Waals surface area contributed by atoms with Gasteiger partial charge in [0.05, 0.1) is 0 Å². The molecule has 0 aromatic carbocycles. The fourth-order valence-corrected chi connectivity index (χ4v) is 5.44. The fourth-order valence-electron chi connectivity index (χ4n) is 5.44. The third-order valence-electron chi connectivity index (χ3n) is 6.54.